The summed E-state index contributed by atoms with van der Waals surface area (Å²) in [6.07, 6.45) is 0. The lowest BCUT2D eigenvalue weighted by atomic mass is 10.2. The van der Waals surface area contributed by atoms with E-state index in [9.17, 15) is 8.42 Å². The molecule has 3 aromatic rings. The average Bonchev–Trinajstić information content (AvgIpc) is 3.13. The molecule has 1 heterocycles. The minimum absolute atomic E-state index is 0.127. The normalized spacial score (nSPS) is 11.5. The lowest BCUT2D eigenvalue weighted by Gasteiger charge is -2.06. The van der Waals surface area contributed by atoms with E-state index in [0.717, 1.165) is 11.3 Å². The van der Waals surface area contributed by atoms with Crippen LogP contribution >= 0.6 is 23.2 Å². The highest BCUT2D eigenvalue weighted by Crippen LogP contribution is 2.23. The number of hydrogen-bond acceptors (Lipinski definition) is 6. The summed E-state index contributed by atoms with van der Waals surface area (Å²) in [6, 6.07) is 11.8. The topological polar surface area (TPSA) is 94.3 Å². The Morgan fingerprint density at radius 2 is 1.89 bits per heavy atom. The summed E-state index contributed by atoms with van der Waals surface area (Å²) in [5.74, 6) is 0.958. The van der Waals surface area contributed by atoms with E-state index in [0.29, 0.717) is 23.0 Å². The fraction of sp³-hybridized carbons (Fsp3) is 0.222. The van der Waals surface area contributed by atoms with Crippen LogP contribution in [0.5, 0.6) is 5.75 Å². The van der Waals surface area contributed by atoms with Gasteiger partial charge >= 0.3 is 0 Å². The van der Waals surface area contributed by atoms with Crippen LogP contribution in [-0.2, 0) is 22.3 Å². The first-order valence-electron chi connectivity index (χ1n) is 8.33. The van der Waals surface area contributed by atoms with Crippen molar-refractivity contribution < 1.29 is 17.7 Å². The van der Waals surface area contributed by atoms with E-state index in [1.807, 2.05) is 6.92 Å². The maximum atomic E-state index is 12.3. The zero-order valence-electron chi connectivity index (χ0n) is 14.9. The third kappa shape index (κ3) is 5.45. The molecule has 1 aromatic heterocycles. The van der Waals surface area contributed by atoms with Crippen LogP contribution in [0.1, 0.15) is 18.4 Å². The molecule has 0 saturated carbocycles. The molecule has 2 aromatic carbocycles. The molecule has 0 fully saturated rings. The first-order chi connectivity index (χ1) is 13.4. The molecule has 0 radical (unpaired) electrons. The van der Waals surface area contributed by atoms with Crippen LogP contribution in [0.25, 0.3) is 11.4 Å². The van der Waals surface area contributed by atoms with Gasteiger partial charge in [0.2, 0.25) is 21.7 Å². The molecule has 148 valence electrons. The van der Waals surface area contributed by atoms with Crippen LogP contribution in [0.15, 0.2) is 47.0 Å². The van der Waals surface area contributed by atoms with Crippen LogP contribution in [0.4, 0.5) is 0 Å². The zero-order valence-corrected chi connectivity index (χ0v) is 17.2. The highest BCUT2D eigenvalue weighted by molar-refractivity contribution is 7.88. The van der Waals surface area contributed by atoms with Gasteiger partial charge in [0.1, 0.15) is 5.75 Å². The fourth-order valence-electron chi connectivity index (χ4n) is 2.38. The molecule has 7 nitrogen and oxygen atoms in total. The molecular formula is C18H17Cl2N3O4S. The van der Waals surface area contributed by atoms with Gasteiger partial charge in [0, 0.05) is 15.6 Å². The van der Waals surface area contributed by atoms with Crippen molar-refractivity contribution in [2.24, 2.45) is 0 Å². The SMILES string of the molecule is CCOc1ccc(-c2noc(CNS(=O)(=O)Cc3ccc(Cl)cc3Cl)n2)cc1. The molecule has 0 aliphatic heterocycles. The van der Waals surface area contributed by atoms with Gasteiger partial charge in [-0.05, 0) is 48.9 Å². The second kappa shape index (κ2) is 8.91. The van der Waals surface area contributed by atoms with E-state index < -0.39 is 10.0 Å². The average molecular weight is 442 g/mol. The second-order valence-electron chi connectivity index (χ2n) is 5.79. The van der Waals surface area contributed by atoms with Gasteiger partial charge in [-0.15, -0.1) is 0 Å². The van der Waals surface area contributed by atoms with Crippen molar-refractivity contribution >= 4 is 33.2 Å². The standard InChI is InChI=1S/C18H17Cl2N3O4S/c1-2-26-15-7-4-12(5-8-15)18-22-17(27-23-18)10-21-28(24,25)11-13-3-6-14(19)9-16(13)20/h3-9,21H,2,10-11H2,1H3. The van der Waals surface area contributed by atoms with Gasteiger partial charge in [0.25, 0.3) is 0 Å². The minimum Gasteiger partial charge on any atom is -0.494 e. The Morgan fingerprint density at radius 3 is 2.57 bits per heavy atom. The molecule has 0 spiro atoms. The smallest absolute Gasteiger partial charge is 0.242 e. The molecule has 3 rings (SSSR count). The molecule has 1 N–H and O–H groups in total. The summed E-state index contributed by atoms with van der Waals surface area (Å²) in [7, 11) is -3.66. The molecule has 28 heavy (non-hydrogen) atoms. The number of rotatable bonds is 8. The second-order valence-corrected chi connectivity index (χ2v) is 8.44. The minimum atomic E-state index is -3.66. The van der Waals surface area contributed by atoms with Crippen LogP contribution in [0.3, 0.4) is 0 Å². The van der Waals surface area contributed by atoms with Crippen LogP contribution in [-0.4, -0.2) is 25.2 Å². The van der Waals surface area contributed by atoms with Crippen LogP contribution in [0.2, 0.25) is 10.0 Å². The summed E-state index contributed by atoms with van der Waals surface area (Å²) < 4.78 is 37.5. The largest absolute Gasteiger partial charge is 0.494 e. The lowest BCUT2D eigenvalue weighted by Crippen LogP contribution is -2.25. The quantitative estimate of drug-likeness (QED) is 0.566. The number of ether oxygens (including phenoxy) is 1. The predicted molar refractivity (Wildman–Crippen MR) is 107 cm³/mol. The van der Waals surface area contributed by atoms with Gasteiger partial charge in [0.15, 0.2) is 0 Å². The number of sulfonamides is 1. The Balaban J connectivity index is 1.63. The van der Waals surface area contributed by atoms with Crippen molar-refractivity contribution in [1.82, 2.24) is 14.9 Å². The van der Waals surface area contributed by atoms with Gasteiger partial charge in [-0.3, -0.25) is 0 Å². The molecule has 0 atom stereocenters. The van der Waals surface area contributed by atoms with Crippen molar-refractivity contribution in [3.63, 3.8) is 0 Å². The van der Waals surface area contributed by atoms with Crippen molar-refractivity contribution in [2.75, 3.05) is 6.61 Å². The van der Waals surface area contributed by atoms with E-state index in [1.165, 1.54) is 6.07 Å². The van der Waals surface area contributed by atoms with Crippen molar-refractivity contribution in [3.05, 3.63) is 64.0 Å². The Labute approximate surface area is 172 Å². The van der Waals surface area contributed by atoms with Crippen LogP contribution in [0, 0.1) is 0 Å². The first kappa shape index (κ1) is 20.6. The van der Waals surface area contributed by atoms with Gasteiger partial charge in [-0.25, -0.2) is 13.1 Å². The number of benzene rings is 2. The number of hydrogen-bond donors (Lipinski definition) is 1. The Bertz CT molecular complexity index is 1050. The highest BCUT2D eigenvalue weighted by Gasteiger charge is 2.16. The Morgan fingerprint density at radius 1 is 1.14 bits per heavy atom. The summed E-state index contributed by atoms with van der Waals surface area (Å²) in [5.41, 5.74) is 1.17. The van der Waals surface area contributed by atoms with Gasteiger partial charge in [0.05, 0.1) is 18.9 Å². The maximum absolute atomic E-state index is 12.3. The molecule has 0 bridgehead atoms. The summed E-state index contributed by atoms with van der Waals surface area (Å²) >= 11 is 11.9. The maximum Gasteiger partial charge on any atom is 0.242 e. The number of halogens is 2. The molecule has 0 amide bonds. The third-order valence-corrected chi connectivity index (χ3v) is 5.56. The highest BCUT2D eigenvalue weighted by atomic mass is 35.5. The number of nitrogens with zero attached hydrogens (tertiary/aromatic N) is 2. The summed E-state index contributed by atoms with van der Waals surface area (Å²) in [6.45, 7) is 2.35. The third-order valence-electron chi connectivity index (χ3n) is 3.70. The Hall–Kier alpha value is -2.13. The number of nitrogens with one attached hydrogen (secondary N) is 1. The molecule has 0 aliphatic carbocycles. The van der Waals surface area contributed by atoms with E-state index in [-0.39, 0.29) is 23.2 Å². The van der Waals surface area contributed by atoms with Crippen molar-refractivity contribution in [2.45, 2.75) is 19.2 Å². The van der Waals surface area contributed by atoms with E-state index in [1.54, 1.807) is 36.4 Å². The molecular weight excluding hydrogens is 425 g/mol. The summed E-state index contributed by atoms with van der Waals surface area (Å²) in [5, 5.41) is 4.60. The first-order valence-corrected chi connectivity index (χ1v) is 10.7. The van der Waals surface area contributed by atoms with Crippen molar-refractivity contribution in [1.29, 1.82) is 0 Å². The van der Waals surface area contributed by atoms with Crippen molar-refractivity contribution in [3.8, 4) is 17.1 Å². The van der Waals surface area contributed by atoms with Gasteiger partial charge < -0.3 is 9.26 Å². The molecule has 0 aliphatic rings. The zero-order chi connectivity index (χ0) is 20.1. The van der Waals surface area contributed by atoms with Gasteiger partial charge in [-0.1, -0.05) is 34.4 Å². The van der Waals surface area contributed by atoms with E-state index >= 15 is 0 Å². The molecule has 0 unspecified atom stereocenters. The lowest BCUT2D eigenvalue weighted by molar-refractivity contribution is 0.340. The fourth-order valence-corrected chi connectivity index (χ4v) is 4.04. The predicted octanol–water partition coefficient (Wildman–Crippen LogP) is 4.06. The summed E-state index contributed by atoms with van der Waals surface area (Å²) in [4.78, 5) is 4.21. The van der Waals surface area contributed by atoms with Gasteiger partial charge in [-0.2, -0.15) is 4.98 Å². The molecule has 10 heteroatoms. The Kier molecular flexibility index (Phi) is 6.56. The van der Waals surface area contributed by atoms with E-state index in [2.05, 4.69) is 14.9 Å². The van der Waals surface area contributed by atoms with E-state index in [4.69, 9.17) is 32.5 Å². The number of aromatic nitrogens is 2. The molecule has 0 saturated heterocycles. The van der Waals surface area contributed by atoms with Crippen LogP contribution < -0.4 is 9.46 Å². The monoisotopic (exact) mass is 441 g/mol.